The highest BCUT2D eigenvalue weighted by Crippen LogP contribution is 2.34. The molecule has 2 aliphatic heterocycles. The Balaban J connectivity index is 1.05. The fraction of sp³-hybridized carbons (Fsp3) is 0.360. The summed E-state index contributed by atoms with van der Waals surface area (Å²) >= 11 is 6.07. The number of fused-ring (bicyclic) bond motifs is 1. The molecular formula is C25H27ClN4O3. The molecular weight excluding hydrogens is 440 g/mol. The van der Waals surface area contributed by atoms with Gasteiger partial charge in [0.1, 0.15) is 18.5 Å². The molecule has 33 heavy (non-hydrogen) atoms. The maximum Gasteiger partial charge on any atom is 0.252 e. The number of hydrogen-bond donors (Lipinski definition) is 1. The van der Waals surface area contributed by atoms with Crippen LogP contribution in [0.5, 0.6) is 11.5 Å². The molecule has 3 aromatic rings. The number of halogens is 1. The number of carbonyl (C=O) groups excluding carboxylic acids is 1. The Kier molecular flexibility index (Phi) is 6.51. The van der Waals surface area contributed by atoms with Crippen molar-refractivity contribution in [3.63, 3.8) is 0 Å². The lowest BCUT2D eigenvalue weighted by Gasteiger charge is -2.35. The molecule has 4 heterocycles. The molecule has 172 valence electrons. The molecule has 7 nitrogen and oxygen atoms in total. The second kappa shape index (κ2) is 9.85. The standard InChI is InChI=1S/C25H27ClN4O3/c26-20-4-5-22-23(13-20)33-21(17-32-22)16-29-11-7-18(8-12-29)14-28-25(31)19-3-6-24(27-15-19)30-9-1-2-10-30/h1-6,9-10,13,15,18,21H,7-8,11-12,14,16-17H2,(H,28,31)/t21-/m0/s1. The summed E-state index contributed by atoms with van der Waals surface area (Å²) in [5, 5.41) is 3.72. The van der Waals surface area contributed by atoms with Gasteiger partial charge in [0.25, 0.3) is 5.91 Å². The van der Waals surface area contributed by atoms with Crippen LogP contribution in [0.4, 0.5) is 0 Å². The number of amides is 1. The number of piperidine rings is 1. The van der Waals surface area contributed by atoms with Crippen LogP contribution in [0.2, 0.25) is 5.02 Å². The molecule has 0 aliphatic carbocycles. The van der Waals surface area contributed by atoms with Crippen molar-refractivity contribution in [1.29, 1.82) is 0 Å². The Labute approximate surface area is 198 Å². The number of nitrogens with one attached hydrogen (secondary N) is 1. The highest BCUT2D eigenvalue weighted by Gasteiger charge is 2.26. The summed E-state index contributed by atoms with van der Waals surface area (Å²) in [7, 11) is 0. The molecule has 2 aliphatic rings. The molecule has 1 saturated heterocycles. The molecule has 1 aromatic carbocycles. The monoisotopic (exact) mass is 466 g/mol. The molecule has 0 radical (unpaired) electrons. The summed E-state index contributed by atoms with van der Waals surface area (Å²) in [5.41, 5.74) is 0.582. The summed E-state index contributed by atoms with van der Waals surface area (Å²) in [6, 6.07) is 13.0. The van der Waals surface area contributed by atoms with Gasteiger partial charge in [-0.15, -0.1) is 0 Å². The van der Waals surface area contributed by atoms with E-state index in [0.29, 0.717) is 35.4 Å². The summed E-state index contributed by atoms with van der Waals surface area (Å²) in [6.45, 7) is 4.01. The normalized spacial score (nSPS) is 18.8. The number of pyridine rings is 1. The predicted octanol–water partition coefficient (Wildman–Crippen LogP) is 3.81. The fourth-order valence-electron chi connectivity index (χ4n) is 4.34. The maximum atomic E-state index is 12.5. The Hall–Kier alpha value is -3.03. The molecule has 8 heteroatoms. The third-order valence-electron chi connectivity index (χ3n) is 6.22. The van der Waals surface area contributed by atoms with Crippen molar-refractivity contribution < 1.29 is 14.3 Å². The average Bonchev–Trinajstić information content (AvgIpc) is 3.38. The first-order valence-electron chi connectivity index (χ1n) is 11.3. The van der Waals surface area contributed by atoms with Crippen molar-refractivity contribution in [2.45, 2.75) is 18.9 Å². The van der Waals surface area contributed by atoms with Gasteiger partial charge >= 0.3 is 0 Å². The summed E-state index contributed by atoms with van der Waals surface area (Å²) in [4.78, 5) is 19.3. The van der Waals surface area contributed by atoms with E-state index in [9.17, 15) is 4.79 Å². The van der Waals surface area contributed by atoms with E-state index in [-0.39, 0.29) is 12.0 Å². The first kappa shape index (κ1) is 21.8. The smallest absolute Gasteiger partial charge is 0.252 e. The zero-order valence-electron chi connectivity index (χ0n) is 18.3. The Morgan fingerprint density at radius 2 is 1.94 bits per heavy atom. The maximum absolute atomic E-state index is 12.5. The molecule has 1 fully saturated rings. The van der Waals surface area contributed by atoms with Gasteiger partial charge < -0.3 is 19.4 Å². The van der Waals surface area contributed by atoms with Gasteiger partial charge in [0, 0.05) is 42.8 Å². The highest BCUT2D eigenvalue weighted by molar-refractivity contribution is 6.30. The van der Waals surface area contributed by atoms with E-state index >= 15 is 0 Å². The quantitative estimate of drug-likeness (QED) is 0.598. The third kappa shape index (κ3) is 5.31. The summed E-state index contributed by atoms with van der Waals surface area (Å²) in [6.07, 6.45) is 7.56. The van der Waals surface area contributed by atoms with Crippen molar-refractivity contribution in [2.24, 2.45) is 5.92 Å². The van der Waals surface area contributed by atoms with E-state index in [0.717, 1.165) is 44.0 Å². The first-order valence-corrected chi connectivity index (χ1v) is 11.7. The van der Waals surface area contributed by atoms with Crippen LogP contribution in [0.15, 0.2) is 61.1 Å². The van der Waals surface area contributed by atoms with Gasteiger partial charge in [-0.05, 0) is 68.2 Å². The van der Waals surface area contributed by atoms with Gasteiger partial charge in [-0.2, -0.15) is 0 Å². The van der Waals surface area contributed by atoms with Crippen LogP contribution in [-0.2, 0) is 0 Å². The second-order valence-corrected chi connectivity index (χ2v) is 9.03. The van der Waals surface area contributed by atoms with E-state index in [1.165, 1.54) is 0 Å². The van der Waals surface area contributed by atoms with E-state index in [1.807, 2.05) is 59.4 Å². The van der Waals surface area contributed by atoms with Crippen LogP contribution in [-0.4, -0.2) is 59.2 Å². The second-order valence-electron chi connectivity index (χ2n) is 8.59. The molecule has 0 saturated carbocycles. The van der Waals surface area contributed by atoms with Gasteiger partial charge in [-0.1, -0.05) is 11.6 Å². The molecule has 0 bridgehead atoms. The minimum absolute atomic E-state index is 0.00534. The Bertz CT molecular complexity index is 1080. The minimum Gasteiger partial charge on any atom is -0.486 e. The lowest BCUT2D eigenvalue weighted by molar-refractivity contribution is 0.0476. The SMILES string of the molecule is O=C(NCC1CCN(C[C@H]2COc3ccc(Cl)cc3O2)CC1)c1ccc(-n2cccc2)nc1. The van der Waals surface area contributed by atoms with Gasteiger partial charge in [0.05, 0.1) is 5.56 Å². The Morgan fingerprint density at radius 3 is 2.70 bits per heavy atom. The number of benzene rings is 1. The number of carbonyl (C=O) groups is 1. The van der Waals surface area contributed by atoms with Crippen molar-refractivity contribution in [2.75, 3.05) is 32.8 Å². The van der Waals surface area contributed by atoms with Gasteiger partial charge in [-0.3, -0.25) is 9.69 Å². The van der Waals surface area contributed by atoms with E-state index < -0.39 is 0 Å². The summed E-state index contributed by atoms with van der Waals surface area (Å²) in [5.74, 6) is 2.66. The lowest BCUT2D eigenvalue weighted by atomic mass is 9.96. The average molecular weight is 467 g/mol. The number of hydrogen-bond acceptors (Lipinski definition) is 5. The van der Waals surface area contributed by atoms with Crippen LogP contribution >= 0.6 is 11.6 Å². The molecule has 2 aromatic heterocycles. The van der Waals surface area contributed by atoms with Crippen molar-refractivity contribution >= 4 is 17.5 Å². The number of ether oxygens (including phenoxy) is 2. The molecule has 0 spiro atoms. The molecule has 1 amide bonds. The van der Waals surface area contributed by atoms with E-state index in [1.54, 1.807) is 6.20 Å². The van der Waals surface area contributed by atoms with Crippen molar-refractivity contribution in [3.05, 3.63) is 71.6 Å². The lowest BCUT2D eigenvalue weighted by Crippen LogP contribution is -2.45. The first-order chi connectivity index (χ1) is 16.1. The fourth-order valence-corrected chi connectivity index (χ4v) is 4.50. The topological polar surface area (TPSA) is 68.6 Å². The van der Waals surface area contributed by atoms with Crippen LogP contribution < -0.4 is 14.8 Å². The highest BCUT2D eigenvalue weighted by atomic mass is 35.5. The minimum atomic E-state index is -0.0749. The number of likely N-dealkylation sites (tertiary alicyclic amines) is 1. The largest absolute Gasteiger partial charge is 0.486 e. The predicted molar refractivity (Wildman–Crippen MR) is 126 cm³/mol. The van der Waals surface area contributed by atoms with Gasteiger partial charge in [-0.25, -0.2) is 4.98 Å². The number of nitrogens with zero attached hydrogens (tertiary/aromatic N) is 3. The van der Waals surface area contributed by atoms with Crippen molar-refractivity contribution in [3.8, 4) is 17.3 Å². The Morgan fingerprint density at radius 1 is 1.12 bits per heavy atom. The number of aromatic nitrogens is 2. The van der Waals surface area contributed by atoms with Crippen LogP contribution in [0.1, 0.15) is 23.2 Å². The van der Waals surface area contributed by atoms with E-state index in [4.69, 9.17) is 21.1 Å². The zero-order chi connectivity index (χ0) is 22.6. The van der Waals surface area contributed by atoms with Crippen molar-refractivity contribution in [1.82, 2.24) is 19.8 Å². The molecule has 0 unspecified atom stereocenters. The van der Waals surface area contributed by atoms with E-state index in [2.05, 4.69) is 15.2 Å². The van der Waals surface area contributed by atoms with Gasteiger partial charge in [0.2, 0.25) is 0 Å². The molecule has 1 atom stereocenters. The third-order valence-corrected chi connectivity index (χ3v) is 6.46. The van der Waals surface area contributed by atoms with Gasteiger partial charge in [0.15, 0.2) is 11.5 Å². The molecule has 5 rings (SSSR count). The van der Waals surface area contributed by atoms with Crippen LogP contribution in [0.3, 0.4) is 0 Å². The van der Waals surface area contributed by atoms with Crippen LogP contribution in [0, 0.1) is 5.92 Å². The zero-order valence-corrected chi connectivity index (χ0v) is 19.1. The number of rotatable bonds is 6. The molecule has 1 N–H and O–H groups in total. The van der Waals surface area contributed by atoms with Crippen LogP contribution in [0.25, 0.3) is 5.82 Å². The summed E-state index contributed by atoms with van der Waals surface area (Å²) < 4.78 is 13.8.